The fourth-order valence-electron chi connectivity index (χ4n) is 12.0. The highest BCUT2D eigenvalue weighted by atomic mass is 16.1. The zero-order valence-electron chi connectivity index (χ0n) is 52.4. The minimum absolute atomic E-state index is 0.0261. The molecule has 0 unspecified atom stereocenters. The van der Waals surface area contributed by atoms with Gasteiger partial charge >= 0.3 is 0 Å². The van der Waals surface area contributed by atoms with Gasteiger partial charge in [0.15, 0.2) is 0 Å². The normalized spacial score (nSPS) is 15.2. The van der Waals surface area contributed by atoms with Crippen LogP contribution in [0.2, 0.25) is 0 Å². The van der Waals surface area contributed by atoms with Gasteiger partial charge in [-0.2, -0.15) is 0 Å². The van der Waals surface area contributed by atoms with Gasteiger partial charge in [0.25, 0.3) is 16.7 Å². The van der Waals surface area contributed by atoms with Crippen LogP contribution in [-0.4, -0.2) is 145 Å². The average molecular weight is 1200 g/mol. The molecule has 15 nitrogen and oxygen atoms in total. The Kier molecular flexibility index (Phi) is 23.2. The molecule has 3 fully saturated rings. The van der Waals surface area contributed by atoms with Gasteiger partial charge in [0.2, 0.25) is 0 Å². The summed E-state index contributed by atoms with van der Waals surface area (Å²) in [5, 5.41) is 3.56. The average Bonchev–Trinajstić information content (AvgIpc) is 1.18. The van der Waals surface area contributed by atoms with Crippen LogP contribution in [0.1, 0.15) is 71.9 Å². The van der Waals surface area contributed by atoms with Gasteiger partial charge in [0.1, 0.15) is 0 Å². The molecule has 462 valence electrons. The molecule has 3 saturated heterocycles. The Morgan fingerprint density at radius 2 is 0.789 bits per heavy atom. The van der Waals surface area contributed by atoms with Crippen molar-refractivity contribution in [3.63, 3.8) is 0 Å². The molecule has 90 heavy (non-hydrogen) atoms. The zero-order chi connectivity index (χ0) is 62.4. The minimum Gasteiger partial charge on any atom is -0.328 e. The molecule has 0 bridgehead atoms. The van der Waals surface area contributed by atoms with Crippen LogP contribution in [0.5, 0.6) is 0 Å². The molecule has 0 amide bonds. The number of hydrogen-bond acceptors (Lipinski definition) is 12. The first kappa shape index (κ1) is 64.2. The van der Waals surface area contributed by atoms with Crippen LogP contribution in [0.3, 0.4) is 0 Å². The molecular weight excluding hydrogens is 1120 g/mol. The van der Waals surface area contributed by atoms with Crippen LogP contribution in [-0.2, 0) is 19.6 Å². The van der Waals surface area contributed by atoms with E-state index in [9.17, 15) is 14.4 Å². The SMILES string of the molecule is Cc1ccc2ncc(=O)n(CCN3CCC(N(CC#Cc4ccccc4)CC#Cc4ccccc4)CC3)c2c1.Cc1ccc2ncc(=O)n(CCN3CCC(N)CC3)c2c1.Cc1ccc2ncc(=O)n(CCN3CCC(NCC#Cc4ccccc4)CC3)c2c1. The van der Waals surface area contributed by atoms with Gasteiger partial charge in [-0.05, 0) is 188 Å². The topological polar surface area (TPSA) is 156 Å². The van der Waals surface area contributed by atoms with E-state index < -0.39 is 0 Å². The summed E-state index contributed by atoms with van der Waals surface area (Å²) in [5.74, 6) is 19.8. The lowest BCUT2D eigenvalue weighted by atomic mass is 10.0. The summed E-state index contributed by atoms with van der Waals surface area (Å²) in [5.41, 5.74) is 17.8. The lowest BCUT2D eigenvalue weighted by molar-refractivity contribution is 0.126. The number of aryl methyl sites for hydroxylation is 3. The van der Waals surface area contributed by atoms with Gasteiger partial charge in [-0.3, -0.25) is 19.3 Å². The van der Waals surface area contributed by atoms with Crippen molar-refractivity contribution >= 4 is 33.1 Å². The first-order valence-corrected chi connectivity index (χ1v) is 31.9. The number of aromatic nitrogens is 6. The largest absolute Gasteiger partial charge is 0.328 e. The van der Waals surface area contributed by atoms with E-state index in [0.29, 0.717) is 50.8 Å². The van der Waals surface area contributed by atoms with Crippen molar-refractivity contribution in [2.75, 3.05) is 78.5 Å². The quantitative estimate of drug-likeness (QED) is 0.100. The molecular formula is C75H84N12O3. The van der Waals surface area contributed by atoms with Crippen molar-refractivity contribution in [1.29, 1.82) is 0 Å². The molecule has 6 aromatic carbocycles. The maximum absolute atomic E-state index is 12.6. The molecule has 12 rings (SSSR count). The van der Waals surface area contributed by atoms with E-state index in [1.54, 1.807) is 0 Å². The summed E-state index contributed by atoms with van der Waals surface area (Å²) in [7, 11) is 0. The highest BCUT2D eigenvalue weighted by molar-refractivity contribution is 5.76. The smallest absolute Gasteiger partial charge is 0.269 e. The van der Waals surface area contributed by atoms with Gasteiger partial charge in [-0.1, -0.05) is 108 Å². The second kappa shape index (κ2) is 32.6. The summed E-state index contributed by atoms with van der Waals surface area (Å²) in [4.78, 5) is 59.7. The Morgan fingerprint density at radius 3 is 1.17 bits per heavy atom. The predicted molar refractivity (Wildman–Crippen MR) is 364 cm³/mol. The molecule has 9 aromatic rings. The van der Waals surface area contributed by atoms with E-state index in [0.717, 1.165) is 170 Å². The molecule has 0 atom stereocenters. The number of rotatable bonds is 14. The third-order valence-electron chi connectivity index (χ3n) is 17.3. The lowest BCUT2D eigenvalue weighted by Gasteiger charge is -2.37. The number of nitrogens with two attached hydrogens (primary N) is 1. The lowest BCUT2D eigenvalue weighted by Crippen LogP contribution is -2.46. The van der Waals surface area contributed by atoms with Crippen LogP contribution in [0, 0.1) is 56.3 Å². The third-order valence-corrected chi connectivity index (χ3v) is 17.3. The highest BCUT2D eigenvalue weighted by Crippen LogP contribution is 2.19. The number of hydrogen-bond donors (Lipinski definition) is 2. The third kappa shape index (κ3) is 18.6. The maximum atomic E-state index is 12.6. The second-order valence-electron chi connectivity index (χ2n) is 23.9. The van der Waals surface area contributed by atoms with Gasteiger partial charge in [-0.25, -0.2) is 15.0 Å². The van der Waals surface area contributed by atoms with Crippen molar-refractivity contribution in [1.82, 2.24) is 53.6 Å². The number of nitrogens with zero attached hydrogens (tertiary/aromatic N) is 10. The van der Waals surface area contributed by atoms with Gasteiger partial charge in [0.05, 0.1) is 71.3 Å². The summed E-state index contributed by atoms with van der Waals surface area (Å²) in [6.07, 6.45) is 10.7. The molecule has 6 heterocycles. The second-order valence-corrected chi connectivity index (χ2v) is 23.9. The van der Waals surface area contributed by atoms with Crippen molar-refractivity contribution in [3.8, 4) is 35.5 Å². The molecule has 0 aliphatic carbocycles. The highest BCUT2D eigenvalue weighted by Gasteiger charge is 2.25. The summed E-state index contributed by atoms with van der Waals surface area (Å²) < 4.78 is 5.56. The Bertz CT molecular complexity index is 4130. The standard InChI is InChI=1S/C34H34N4O.C25H28N4O.C16H22N4O/c1-28-16-17-32-33(26-28)38(34(39)27-35-32)25-24-36-22-18-31(19-23-36)37(20-8-14-29-10-4-2-5-11-29)21-9-15-30-12-6-3-7-13-30;1-20-9-10-23-24(18-20)29(25(30)19-27-23)17-16-28-14-11-22(12-15-28)26-13-5-8-21-6-3-2-4-7-21;1-12-2-3-14-15(10-12)20(16(21)11-18-14)9-8-19-6-4-13(17)5-7-19/h2-7,10-13,16-17,26-27,31H,18-25H2,1H3;2-4,6-7,9-10,18-19,22,26H,11-17H2,1H3;2-3,10-11,13H,4-9,17H2,1H3. The van der Waals surface area contributed by atoms with Crippen LogP contribution in [0.15, 0.2) is 179 Å². The number of nitrogens with one attached hydrogen (secondary N) is 1. The Balaban J connectivity index is 0.000000155. The number of fused-ring (bicyclic) bond motifs is 3. The minimum atomic E-state index is -0.0388. The Labute approximate surface area is 529 Å². The molecule has 3 N–H and O–H groups in total. The monoisotopic (exact) mass is 1200 g/mol. The number of benzene rings is 6. The number of likely N-dealkylation sites (tertiary alicyclic amines) is 3. The zero-order valence-corrected chi connectivity index (χ0v) is 52.4. The van der Waals surface area contributed by atoms with Crippen LogP contribution >= 0.6 is 0 Å². The molecule has 3 aromatic heterocycles. The molecule has 3 aliphatic rings. The van der Waals surface area contributed by atoms with Gasteiger partial charge < -0.3 is 39.5 Å². The molecule has 15 heteroatoms. The van der Waals surface area contributed by atoms with Crippen LogP contribution in [0.25, 0.3) is 33.1 Å². The van der Waals surface area contributed by atoms with Gasteiger partial charge in [-0.15, -0.1) is 0 Å². The van der Waals surface area contributed by atoms with E-state index in [2.05, 4.69) is 87.5 Å². The summed E-state index contributed by atoms with van der Waals surface area (Å²) >= 11 is 0. The van der Waals surface area contributed by atoms with E-state index in [1.807, 2.05) is 168 Å². The van der Waals surface area contributed by atoms with Crippen molar-refractivity contribution in [3.05, 3.63) is 229 Å². The van der Waals surface area contributed by atoms with Crippen LogP contribution in [0.4, 0.5) is 0 Å². The molecule has 0 radical (unpaired) electrons. The summed E-state index contributed by atoms with van der Waals surface area (Å²) in [6.45, 7) is 19.1. The van der Waals surface area contributed by atoms with Crippen molar-refractivity contribution in [2.24, 2.45) is 5.73 Å². The first-order chi connectivity index (χ1) is 44.0. The van der Waals surface area contributed by atoms with E-state index in [4.69, 9.17) is 5.73 Å². The fraction of sp³-hybridized carbons (Fsp3) is 0.360. The van der Waals surface area contributed by atoms with Crippen molar-refractivity contribution in [2.45, 2.75) is 97.1 Å². The van der Waals surface area contributed by atoms with Crippen LogP contribution < -0.4 is 27.7 Å². The maximum Gasteiger partial charge on any atom is 0.269 e. The van der Waals surface area contributed by atoms with Crippen molar-refractivity contribution < 1.29 is 0 Å². The first-order valence-electron chi connectivity index (χ1n) is 31.9. The summed E-state index contributed by atoms with van der Waals surface area (Å²) in [6, 6.07) is 49.9. The Hall–Kier alpha value is -8.82. The molecule has 3 aliphatic heterocycles. The number of piperidine rings is 3. The van der Waals surface area contributed by atoms with E-state index in [-0.39, 0.29) is 16.7 Å². The Morgan fingerprint density at radius 1 is 0.444 bits per heavy atom. The van der Waals surface area contributed by atoms with E-state index >= 15 is 0 Å². The fourth-order valence-corrected chi connectivity index (χ4v) is 12.0. The molecule has 0 spiro atoms. The van der Waals surface area contributed by atoms with Gasteiger partial charge in [0, 0.05) is 74.1 Å². The predicted octanol–water partition coefficient (Wildman–Crippen LogP) is 8.51. The van der Waals surface area contributed by atoms with E-state index in [1.165, 1.54) is 18.6 Å². The molecule has 0 saturated carbocycles.